The van der Waals surface area contributed by atoms with Gasteiger partial charge in [-0.15, -0.1) is 11.8 Å². The van der Waals surface area contributed by atoms with Gasteiger partial charge in [-0.3, -0.25) is 24.3 Å². The summed E-state index contributed by atoms with van der Waals surface area (Å²) in [5, 5.41) is -0.145. The monoisotopic (exact) mass is 351 g/mol. The summed E-state index contributed by atoms with van der Waals surface area (Å²) in [5.74, 6) is 0.642. The summed E-state index contributed by atoms with van der Waals surface area (Å²) < 4.78 is 0. The molecule has 0 saturated carbocycles. The first kappa shape index (κ1) is 16.3. The summed E-state index contributed by atoms with van der Waals surface area (Å²) in [7, 11) is 0. The van der Waals surface area contributed by atoms with Crippen molar-refractivity contribution in [2.75, 3.05) is 24.6 Å². The maximum absolute atomic E-state index is 12.3. The molecule has 122 valence electrons. The van der Waals surface area contributed by atoms with Crippen LogP contribution in [0.25, 0.3) is 0 Å². The van der Waals surface area contributed by atoms with Gasteiger partial charge in [0.2, 0.25) is 11.8 Å². The highest BCUT2D eigenvalue weighted by atomic mass is 32.2. The number of piperidine rings is 1. The molecule has 3 rings (SSSR count). The van der Waals surface area contributed by atoms with Crippen molar-refractivity contribution >= 4 is 40.6 Å². The summed E-state index contributed by atoms with van der Waals surface area (Å²) in [6.45, 7) is 1.20. The molecule has 2 aliphatic rings. The summed E-state index contributed by atoms with van der Waals surface area (Å²) in [4.78, 5) is 43.9. The minimum Gasteiger partial charge on any atom is -0.342 e. The predicted molar refractivity (Wildman–Crippen MR) is 89.3 cm³/mol. The van der Waals surface area contributed by atoms with E-state index < -0.39 is 0 Å². The summed E-state index contributed by atoms with van der Waals surface area (Å²) in [5.41, 5.74) is 0. The highest BCUT2D eigenvalue weighted by molar-refractivity contribution is 8.14. The third-order valence-electron chi connectivity index (χ3n) is 3.98. The number of hydrogen-bond acceptors (Lipinski definition) is 6. The zero-order valence-corrected chi connectivity index (χ0v) is 14.1. The van der Waals surface area contributed by atoms with Crippen molar-refractivity contribution in [1.29, 1.82) is 0 Å². The molecule has 2 aliphatic heterocycles. The molecule has 1 aromatic rings. The number of nitrogens with zero attached hydrogens (tertiary/aromatic N) is 3. The van der Waals surface area contributed by atoms with E-state index in [4.69, 9.17) is 0 Å². The average molecular weight is 351 g/mol. The fourth-order valence-corrected chi connectivity index (χ4v) is 4.32. The van der Waals surface area contributed by atoms with Crippen LogP contribution in [0.4, 0.5) is 4.79 Å². The third kappa shape index (κ3) is 3.87. The first-order chi connectivity index (χ1) is 11.1. The lowest BCUT2D eigenvalue weighted by molar-refractivity contribution is -0.131. The lowest BCUT2D eigenvalue weighted by atomic mass is 10.0. The number of thioether (sulfide) groups is 2. The van der Waals surface area contributed by atoms with Crippen LogP contribution < -0.4 is 0 Å². The van der Waals surface area contributed by atoms with Crippen LogP contribution in [0.3, 0.4) is 0 Å². The Balaban J connectivity index is 1.48. The Labute approximate surface area is 143 Å². The molecule has 23 heavy (non-hydrogen) atoms. The molecule has 0 radical (unpaired) electrons. The molecule has 2 fully saturated rings. The van der Waals surface area contributed by atoms with Crippen LogP contribution in [0.2, 0.25) is 0 Å². The van der Waals surface area contributed by atoms with Gasteiger partial charge >= 0.3 is 0 Å². The van der Waals surface area contributed by atoms with Crippen LogP contribution >= 0.6 is 23.5 Å². The number of rotatable bonds is 4. The molecular formula is C15H17N3O3S2. The number of amides is 3. The number of carbonyl (C=O) groups excluding carboxylic acids is 3. The van der Waals surface area contributed by atoms with E-state index in [1.165, 1.54) is 16.7 Å². The maximum Gasteiger partial charge on any atom is 0.289 e. The highest BCUT2D eigenvalue weighted by Gasteiger charge is 2.37. The normalized spacial score (nSPS) is 19.5. The van der Waals surface area contributed by atoms with Crippen molar-refractivity contribution in [3.05, 3.63) is 24.5 Å². The van der Waals surface area contributed by atoms with Crippen molar-refractivity contribution in [2.24, 2.45) is 0 Å². The number of pyridine rings is 1. The van der Waals surface area contributed by atoms with Crippen LogP contribution in [0.5, 0.6) is 0 Å². The van der Waals surface area contributed by atoms with Gasteiger partial charge in [-0.2, -0.15) is 0 Å². The largest absolute Gasteiger partial charge is 0.342 e. The predicted octanol–water partition coefficient (Wildman–Crippen LogP) is 1.86. The van der Waals surface area contributed by atoms with E-state index in [-0.39, 0.29) is 28.8 Å². The molecule has 8 heteroatoms. The molecule has 3 amide bonds. The van der Waals surface area contributed by atoms with Gasteiger partial charge in [0.1, 0.15) is 0 Å². The Morgan fingerprint density at radius 3 is 2.57 bits per heavy atom. The lowest BCUT2D eigenvalue weighted by Crippen LogP contribution is -2.48. The second-order valence-electron chi connectivity index (χ2n) is 5.40. The SMILES string of the molecule is O=C(CSc1ccncc1)N1CCC(N2C(=O)CSC2=O)CC1. The van der Waals surface area contributed by atoms with Crippen molar-refractivity contribution in [3.8, 4) is 0 Å². The molecule has 6 nitrogen and oxygen atoms in total. The third-order valence-corrected chi connectivity index (χ3v) is 5.81. The van der Waals surface area contributed by atoms with E-state index in [9.17, 15) is 14.4 Å². The Bertz CT molecular complexity index is 587. The molecule has 0 aromatic carbocycles. The second kappa shape index (κ2) is 7.35. The van der Waals surface area contributed by atoms with Crippen LogP contribution in [0.1, 0.15) is 12.8 Å². The molecule has 0 aliphatic carbocycles. The van der Waals surface area contributed by atoms with Crippen molar-refractivity contribution in [3.63, 3.8) is 0 Å². The first-order valence-electron chi connectivity index (χ1n) is 7.44. The Kier molecular flexibility index (Phi) is 5.22. The molecule has 0 atom stereocenters. The lowest BCUT2D eigenvalue weighted by Gasteiger charge is -2.35. The topological polar surface area (TPSA) is 70.6 Å². The fourth-order valence-electron chi connectivity index (χ4n) is 2.76. The molecule has 0 spiro atoms. The van der Waals surface area contributed by atoms with Gasteiger partial charge in [-0.1, -0.05) is 11.8 Å². The first-order valence-corrected chi connectivity index (χ1v) is 9.41. The number of imide groups is 1. The van der Waals surface area contributed by atoms with Gasteiger partial charge in [0.25, 0.3) is 5.24 Å². The number of likely N-dealkylation sites (tertiary alicyclic amines) is 1. The van der Waals surface area contributed by atoms with E-state index >= 15 is 0 Å². The van der Waals surface area contributed by atoms with Gasteiger partial charge < -0.3 is 4.90 Å². The Hall–Kier alpha value is -1.54. The standard InChI is InChI=1S/C15H17N3O3S2/c19-13(9-22-12-1-5-16-6-2-12)17-7-3-11(4-8-17)18-14(20)10-23-15(18)21/h1-2,5-6,11H,3-4,7-10H2. The minimum absolute atomic E-state index is 0.0538. The van der Waals surface area contributed by atoms with Gasteiger partial charge in [0.05, 0.1) is 11.5 Å². The van der Waals surface area contributed by atoms with E-state index in [1.807, 2.05) is 17.0 Å². The molecule has 0 N–H and O–H groups in total. The average Bonchev–Trinajstić information content (AvgIpc) is 2.92. The summed E-state index contributed by atoms with van der Waals surface area (Å²) >= 11 is 2.56. The molecule has 0 unspecified atom stereocenters. The molecule has 2 saturated heterocycles. The maximum atomic E-state index is 12.3. The fraction of sp³-hybridized carbons (Fsp3) is 0.467. The van der Waals surface area contributed by atoms with Gasteiger partial charge in [-0.05, 0) is 25.0 Å². The van der Waals surface area contributed by atoms with Gasteiger partial charge in [0, 0.05) is 36.4 Å². The Morgan fingerprint density at radius 1 is 1.26 bits per heavy atom. The highest BCUT2D eigenvalue weighted by Crippen LogP contribution is 2.27. The van der Waals surface area contributed by atoms with Gasteiger partial charge in [0.15, 0.2) is 0 Å². The second-order valence-corrected chi connectivity index (χ2v) is 7.38. The van der Waals surface area contributed by atoms with Crippen LogP contribution in [-0.2, 0) is 9.59 Å². The Morgan fingerprint density at radius 2 is 1.96 bits per heavy atom. The molecule has 3 heterocycles. The number of aromatic nitrogens is 1. The molecule has 1 aromatic heterocycles. The zero-order valence-electron chi connectivity index (χ0n) is 12.5. The number of hydrogen-bond donors (Lipinski definition) is 0. The zero-order chi connectivity index (χ0) is 16.2. The smallest absolute Gasteiger partial charge is 0.289 e. The van der Waals surface area contributed by atoms with E-state index in [0.717, 1.165) is 16.7 Å². The van der Waals surface area contributed by atoms with Crippen molar-refractivity contribution in [2.45, 2.75) is 23.8 Å². The quantitative estimate of drug-likeness (QED) is 0.771. The summed E-state index contributed by atoms with van der Waals surface area (Å²) in [6, 6.07) is 3.71. The van der Waals surface area contributed by atoms with Crippen molar-refractivity contribution < 1.29 is 14.4 Å². The number of carbonyl (C=O) groups is 3. The van der Waals surface area contributed by atoms with E-state index in [0.29, 0.717) is 31.7 Å². The van der Waals surface area contributed by atoms with Gasteiger partial charge in [-0.25, -0.2) is 0 Å². The minimum atomic E-state index is -0.145. The van der Waals surface area contributed by atoms with Crippen LogP contribution in [0.15, 0.2) is 29.4 Å². The molecule has 0 bridgehead atoms. The van der Waals surface area contributed by atoms with E-state index in [2.05, 4.69) is 4.98 Å². The summed E-state index contributed by atoms with van der Waals surface area (Å²) in [6.07, 6.45) is 4.76. The van der Waals surface area contributed by atoms with Crippen LogP contribution in [0, 0.1) is 0 Å². The molecular weight excluding hydrogens is 334 g/mol. The van der Waals surface area contributed by atoms with E-state index in [1.54, 1.807) is 12.4 Å². The van der Waals surface area contributed by atoms with Crippen molar-refractivity contribution in [1.82, 2.24) is 14.8 Å². The van der Waals surface area contributed by atoms with Crippen LogP contribution in [-0.4, -0.2) is 62.5 Å².